The summed E-state index contributed by atoms with van der Waals surface area (Å²) >= 11 is 0. The molecule has 0 aromatic heterocycles. The summed E-state index contributed by atoms with van der Waals surface area (Å²) in [4.78, 5) is 11.7. The van der Waals surface area contributed by atoms with Crippen molar-refractivity contribution in [1.82, 2.24) is 10.6 Å². The van der Waals surface area contributed by atoms with Gasteiger partial charge >= 0.3 is 6.03 Å². The number of nitrogens with one attached hydrogen (secondary N) is 2. The van der Waals surface area contributed by atoms with Crippen molar-refractivity contribution in [3.8, 4) is 11.5 Å². The van der Waals surface area contributed by atoms with Crippen LogP contribution in [0.2, 0.25) is 0 Å². The number of ether oxygens (including phenoxy) is 2. The quantitative estimate of drug-likeness (QED) is 0.807. The van der Waals surface area contributed by atoms with Crippen molar-refractivity contribution in [2.75, 3.05) is 13.8 Å². The van der Waals surface area contributed by atoms with E-state index in [4.69, 9.17) is 9.47 Å². The first-order valence-corrected chi connectivity index (χ1v) is 7.02. The predicted octanol–water partition coefficient (Wildman–Crippen LogP) is 2.84. The third-order valence-corrected chi connectivity index (χ3v) is 3.10. The minimum absolute atomic E-state index is 0.0695. The van der Waals surface area contributed by atoms with Crippen LogP contribution < -0.4 is 20.1 Å². The monoisotopic (exact) mass is 300 g/mol. The third kappa shape index (κ3) is 4.70. The second-order valence-corrected chi connectivity index (χ2v) is 4.78. The zero-order valence-corrected chi connectivity index (χ0v) is 12.8. The molecule has 0 bridgehead atoms. The van der Waals surface area contributed by atoms with E-state index in [0.717, 1.165) is 5.56 Å². The molecule has 2 aromatic carbocycles. The Bertz CT molecular complexity index is 612. The van der Waals surface area contributed by atoms with Crippen LogP contribution >= 0.6 is 0 Å². The highest BCUT2D eigenvalue weighted by Crippen LogP contribution is 2.25. The molecule has 0 atom stereocenters. The van der Waals surface area contributed by atoms with Gasteiger partial charge in [0.25, 0.3) is 0 Å². The lowest BCUT2D eigenvalue weighted by molar-refractivity contribution is 0.221. The average Bonchev–Trinajstić information content (AvgIpc) is 2.55. The number of methoxy groups -OCH3 is 1. The van der Waals surface area contributed by atoms with Crippen LogP contribution in [0.15, 0.2) is 48.5 Å². The molecule has 0 aliphatic carbocycles. The van der Waals surface area contributed by atoms with E-state index in [-0.39, 0.29) is 12.8 Å². The normalized spacial score (nSPS) is 9.91. The zero-order chi connectivity index (χ0) is 15.8. The maximum atomic E-state index is 11.7. The van der Waals surface area contributed by atoms with Crippen molar-refractivity contribution < 1.29 is 14.3 Å². The van der Waals surface area contributed by atoms with Gasteiger partial charge in [-0.25, -0.2) is 4.79 Å². The maximum Gasteiger partial charge on any atom is 0.317 e. The van der Waals surface area contributed by atoms with Gasteiger partial charge < -0.3 is 20.1 Å². The molecule has 0 aliphatic heterocycles. The molecule has 0 aliphatic rings. The van der Waals surface area contributed by atoms with Crippen LogP contribution in [0.25, 0.3) is 0 Å². The smallest absolute Gasteiger partial charge is 0.317 e. The van der Waals surface area contributed by atoms with Gasteiger partial charge in [-0.1, -0.05) is 42.0 Å². The van der Waals surface area contributed by atoms with Crippen LogP contribution in [0.4, 0.5) is 4.79 Å². The summed E-state index contributed by atoms with van der Waals surface area (Å²) < 4.78 is 10.6. The highest BCUT2D eigenvalue weighted by atomic mass is 16.5. The van der Waals surface area contributed by atoms with E-state index >= 15 is 0 Å². The third-order valence-electron chi connectivity index (χ3n) is 3.10. The second kappa shape index (κ2) is 7.93. The van der Waals surface area contributed by atoms with Crippen molar-refractivity contribution in [2.45, 2.75) is 13.5 Å². The van der Waals surface area contributed by atoms with E-state index in [1.807, 2.05) is 43.3 Å². The van der Waals surface area contributed by atoms with Gasteiger partial charge in [-0.3, -0.25) is 0 Å². The van der Waals surface area contributed by atoms with Gasteiger partial charge in [0.05, 0.1) is 7.11 Å². The van der Waals surface area contributed by atoms with Gasteiger partial charge in [-0.2, -0.15) is 0 Å². The van der Waals surface area contributed by atoms with E-state index in [1.54, 1.807) is 19.2 Å². The van der Waals surface area contributed by atoms with Gasteiger partial charge in [0.15, 0.2) is 18.2 Å². The van der Waals surface area contributed by atoms with E-state index in [0.29, 0.717) is 18.0 Å². The predicted molar refractivity (Wildman–Crippen MR) is 85.0 cm³/mol. The van der Waals surface area contributed by atoms with E-state index < -0.39 is 0 Å². The van der Waals surface area contributed by atoms with Crippen molar-refractivity contribution in [2.24, 2.45) is 0 Å². The number of aryl methyl sites for hydroxylation is 1. The Kier molecular flexibility index (Phi) is 5.65. The van der Waals surface area contributed by atoms with Gasteiger partial charge in [-0.15, -0.1) is 0 Å². The molecular formula is C17H20N2O3. The summed E-state index contributed by atoms with van der Waals surface area (Å²) in [7, 11) is 1.57. The summed E-state index contributed by atoms with van der Waals surface area (Å²) in [5.74, 6) is 1.22. The van der Waals surface area contributed by atoms with E-state index in [9.17, 15) is 4.79 Å². The van der Waals surface area contributed by atoms with Crippen LogP contribution in [-0.2, 0) is 6.54 Å². The fourth-order valence-corrected chi connectivity index (χ4v) is 1.87. The largest absolute Gasteiger partial charge is 0.493 e. The van der Waals surface area contributed by atoms with Crippen molar-refractivity contribution >= 4 is 6.03 Å². The van der Waals surface area contributed by atoms with Gasteiger partial charge in [0, 0.05) is 6.54 Å². The van der Waals surface area contributed by atoms with Gasteiger partial charge in [-0.05, 0) is 24.6 Å². The molecular weight excluding hydrogens is 280 g/mol. The minimum Gasteiger partial charge on any atom is -0.493 e. The maximum absolute atomic E-state index is 11.7. The first kappa shape index (κ1) is 15.7. The SMILES string of the molecule is COc1ccccc1OCNC(=O)NCc1ccc(C)cc1. The van der Waals surface area contributed by atoms with Crippen LogP contribution in [0.1, 0.15) is 11.1 Å². The Morgan fingerprint density at radius 2 is 1.68 bits per heavy atom. The van der Waals surface area contributed by atoms with E-state index in [1.165, 1.54) is 5.56 Å². The number of carbonyl (C=O) groups is 1. The van der Waals surface area contributed by atoms with Crippen LogP contribution in [-0.4, -0.2) is 19.9 Å². The number of benzene rings is 2. The Labute approximate surface area is 130 Å². The molecule has 116 valence electrons. The Hall–Kier alpha value is -2.69. The number of carbonyl (C=O) groups excluding carboxylic acids is 1. The average molecular weight is 300 g/mol. The molecule has 22 heavy (non-hydrogen) atoms. The molecule has 0 saturated heterocycles. The molecule has 0 heterocycles. The first-order chi connectivity index (χ1) is 10.7. The lowest BCUT2D eigenvalue weighted by atomic mass is 10.1. The lowest BCUT2D eigenvalue weighted by Crippen LogP contribution is -2.37. The highest BCUT2D eigenvalue weighted by Gasteiger charge is 2.04. The highest BCUT2D eigenvalue weighted by molar-refractivity contribution is 5.73. The molecule has 2 N–H and O–H groups in total. The molecule has 5 nitrogen and oxygen atoms in total. The van der Waals surface area contributed by atoms with Crippen molar-refractivity contribution in [3.63, 3.8) is 0 Å². The minimum atomic E-state index is -0.282. The van der Waals surface area contributed by atoms with Crippen molar-refractivity contribution in [3.05, 3.63) is 59.7 Å². The number of hydrogen-bond donors (Lipinski definition) is 2. The summed E-state index contributed by atoms with van der Waals surface area (Å²) in [6, 6.07) is 15.0. The number of amides is 2. The summed E-state index contributed by atoms with van der Waals surface area (Å²) in [5, 5.41) is 5.41. The Morgan fingerprint density at radius 1 is 1.00 bits per heavy atom. The standard InChI is InChI=1S/C17H20N2O3/c1-13-7-9-14(10-8-13)11-18-17(20)19-12-22-16-6-4-3-5-15(16)21-2/h3-10H,11-12H2,1-2H3,(H2,18,19,20). The molecule has 0 radical (unpaired) electrons. The lowest BCUT2D eigenvalue weighted by Gasteiger charge is -2.11. The van der Waals surface area contributed by atoms with Crippen molar-refractivity contribution in [1.29, 1.82) is 0 Å². The molecule has 2 aromatic rings. The molecule has 0 saturated carbocycles. The molecule has 2 rings (SSSR count). The van der Waals surface area contributed by atoms with Crippen LogP contribution in [0.3, 0.4) is 0 Å². The number of rotatable bonds is 6. The molecule has 0 spiro atoms. The van der Waals surface area contributed by atoms with E-state index in [2.05, 4.69) is 10.6 Å². The molecule has 5 heteroatoms. The number of hydrogen-bond acceptors (Lipinski definition) is 3. The summed E-state index contributed by atoms with van der Waals surface area (Å²) in [6.45, 7) is 2.57. The Morgan fingerprint density at radius 3 is 2.36 bits per heavy atom. The fourth-order valence-electron chi connectivity index (χ4n) is 1.87. The summed E-state index contributed by atoms with van der Waals surface area (Å²) in [6.07, 6.45) is 0. The molecule has 0 fully saturated rings. The van der Waals surface area contributed by atoms with Gasteiger partial charge in [0.1, 0.15) is 0 Å². The Balaban J connectivity index is 1.72. The summed E-state index contributed by atoms with van der Waals surface area (Å²) in [5.41, 5.74) is 2.24. The van der Waals surface area contributed by atoms with Crippen LogP contribution in [0.5, 0.6) is 11.5 Å². The first-order valence-electron chi connectivity index (χ1n) is 7.02. The number of para-hydroxylation sites is 2. The number of urea groups is 1. The van der Waals surface area contributed by atoms with Crippen LogP contribution in [0, 0.1) is 6.92 Å². The molecule has 2 amide bonds. The molecule has 0 unspecified atom stereocenters. The fraction of sp³-hybridized carbons (Fsp3) is 0.235. The zero-order valence-electron chi connectivity index (χ0n) is 12.8. The van der Waals surface area contributed by atoms with Gasteiger partial charge in [0.2, 0.25) is 0 Å². The topological polar surface area (TPSA) is 59.6 Å². The second-order valence-electron chi connectivity index (χ2n) is 4.78.